The Morgan fingerprint density at radius 3 is 2.48 bits per heavy atom. The quantitative estimate of drug-likeness (QED) is 0.0490. The van der Waals surface area contributed by atoms with E-state index < -0.39 is 24.3 Å². The first-order valence-electron chi connectivity index (χ1n) is 16.0. The molecule has 4 N–H and O–H groups in total. The third-order valence-electron chi connectivity index (χ3n) is 7.64. The second-order valence-corrected chi connectivity index (χ2v) is 12.0. The number of methoxy groups -OCH3 is 1. The van der Waals surface area contributed by atoms with E-state index >= 15 is 0 Å². The van der Waals surface area contributed by atoms with Gasteiger partial charge in [0.05, 0.1) is 42.6 Å². The van der Waals surface area contributed by atoms with Crippen LogP contribution in [0.5, 0.6) is 23.0 Å². The van der Waals surface area contributed by atoms with Crippen LogP contribution in [0.3, 0.4) is 0 Å². The lowest BCUT2D eigenvalue weighted by molar-refractivity contribution is -0.136. The summed E-state index contributed by atoms with van der Waals surface area (Å²) in [5, 5.41) is 22.4. The Kier molecular flexibility index (Phi) is 12.2. The molecule has 0 radical (unpaired) electrons. The molecule has 0 bridgehead atoms. The number of esters is 1. The third-order valence-corrected chi connectivity index (χ3v) is 8.23. The molecule has 50 heavy (non-hydrogen) atoms. The molecule has 0 spiro atoms. The van der Waals surface area contributed by atoms with Crippen LogP contribution in [0.15, 0.2) is 93.6 Å². The number of allylic oxidation sites excluding steroid dienone is 1. The van der Waals surface area contributed by atoms with E-state index in [2.05, 4.69) is 61.4 Å². The molecule has 1 heterocycles. The van der Waals surface area contributed by atoms with Crippen molar-refractivity contribution in [1.29, 1.82) is 0 Å². The van der Waals surface area contributed by atoms with E-state index in [4.69, 9.17) is 23.7 Å². The number of carbonyl (C=O) groups excluding carboxylic acids is 2. The number of fused-ring (bicyclic) bond motifs is 1. The van der Waals surface area contributed by atoms with Crippen LogP contribution in [0, 0.1) is 0 Å². The third kappa shape index (κ3) is 8.84. The highest BCUT2D eigenvalue weighted by atomic mass is 79.9. The normalized spacial score (nSPS) is 14.9. The molecule has 0 aliphatic carbocycles. The largest absolute Gasteiger partial charge is 0.490 e. The molecule has 5 rings (SSSR count). The van der Waals surface area contributed by atoms with Crippen molar-refractivity contribution >= 4 is 44.9 Å². The van der Waals surface area contributed by atoms with Crippen LogP contribution >= 0.6 is 15.9 Å². The van der Waals surface area contributed by atoms with Gasteiger partial charge in [0.25, 0.3) is 0 Å². The Labute approximate surface area is 298 Å². The fraction of sp³-hybridized carbons (Fsp3) is 0.270. The molecule has 13 heteroatoms. The highest BCUT2D eigenvalue weighted by molar-refractivity contribution is 9.10. The van der Waals surface area contributed by atoms with Crippen LogP contribution in [0.25, 0.3) is 10.8 Å². The zero-order valence-electron chi connectivity index (χ0n) is 28.1. The van der Waals surface area contributed by atoms with Crippen molar-refractivity contribution in [2.45, 2.75) is 39.6 Å². The number of aliphatic hydroxyl groups excluding tert-OH is 1. The molecule has 12 nitrogen and oxygen atoms in total. The number of rotatable bonds is 15. The number of hydrogen-bond donors (Lipinski definition) is 4. The molecule has 0 saturated heterocycles. The van der Waals surface area contributed by atoms with Gasteiger partial charge in [-0.05, 0) is 94.5 Å². The second-order valence-electron chi connectivity index (χ2n) is 11.1. The molecular weight excluding hydrogens is 708 g/mol. The second kappa shape index (κ2) is 16.9. The number of ether oxygens (including phenoxy) is 5. The van der Waals surface area contributed by atoms with Crippen molar-refractivity contribution in [3.63, 3.8) is 0 Å². The van der Waals surface area contributed by atoms with Gasteiger partial charge in [-0.15, -0.1) is 0 Å². The Hall–Kier alpha value is -5.27. The number of aliphatic hydroxyl groups is 1. The van der Waals surface area contributed by atoms with Gasteiger partial charge < -0.3 is 39.4 Å². The molecule has 4 aromatic carbocycles. The minimum absolute atomic E-state index is 0.164. The van der Waals surface area contributed by atoms with Crippen LogP contribution in [0.1, 0.15) is 43.5 Å². The minimum atomic E-state index is -1.17. The Balaban J connectivity index is 1.21. The summed E-state index contributed by atoms with van der Waals surface area (Å²) in [6, 6.07) is 21.9. The fourth-order valence-corrected chi connectivity index (χ4v) is 5.94. The zero-order chi connectivity index (χ0) is 35.6. The molecule has 2 atom stereocenters. The Morgan fingerprint density at radius 1 is 0.960 bits per heavy atom. The van der Waals surface area contributed by atoms with Gasteiger partial charge in [-0.25, -0.2) is 9.59 Å². The van der Waals surface area contributed by atoms with Crippen LogP contribution in [0.2, 0.25) is 0 Å². The maximum absolute atomic E-state index is 12.5. The van der Waals surface area contributed by atoms with E-state index in [9.17, 15) is 14.7 Å². The maximum Gasteiger partial charge on any atom is 0.337 e. The highest BCUT2D eigenvalue weighted by Crippen LogP contribution is 2.38. The number of nitrogens with one attached hydrogen (secondary N) is 3. The first-order chi connectivity index (χ1) is 24.2. The summed E-state index contributed by atoms with van der Waals surface area (Å²) >= 11 is 3.61. The van der Waals surface area contributed by atoms with Gasteiger partial charge in [0.1, 0.15) is 13.2 Å². The highest BCUT2D eigenvalue weighted by Gasteiger charge is 2.32. The lowest BCUT2D eigenvalue weighted by atomic mass is 9.95. The van der Waals surface area contributed by atoms with Crippen molar-refractivity contribution in [3.8, 4) is 23.0 Å². The summed E-state index contributed by atoms with van der Waals surface area (Å²) in [4.78, 5) is 24.7. The molecule has 1 aliphatic heterocycles. The molecular formula is C37H39BrN4O8. The summed E-state index contributed by atoms with van der Waals surface area (Å²) in [7, 11) is 1.28. The number of amides is 2. The maximum atomic E-state index is 12.5. The fourth-order valence-electron chi connectivity index (χ4n) is 5.37. The summed E-state index contributed by atoms with van der Waals surface area (Å²) in [5.41, 5.74) is 5.63. The van der Waals surface area contributed by atoms with E-state index in [0.717, 1.165) is 10.9 Å². The Morgan fingerprint density at radius 2 is 1.72 bits per heavy atom. The molecule has 2 amide bonds. The van der Waals surface area contributed by atoms with Gasteiger partial charge in [-0.1, -0.05) is 42.5 Å². The van der Waals surface area contributed by atoms with Gasteiger partial charge in [0, 0.05) is 5.70 Å². The Bertz CT molecular complexity index is 1910. The molecule has 0 unspecified atom stereocenters. The van der Waals surface area contributed by atoms with Crippen molar-refractivity contribution in [3.05, 3.63) is 105 Å². The average molecular weight is 748 g/mol. The first-order valence-corrected chi connectivity index (χ1v) is 16.8. The number of nitrogens with zero attached hydrogens (tertiary/aromatic N) is 1. The molecule has 262 valence electrons. The molecule has 0 aromatic heterocycles. The smallest absolute Gasteiger partial charge is 0.337 e. The summed E-state index contributed by atoms with van der Waals surface area (Å²) in [5.74, 6) is 1.27. The topological polar surface area (TPSA) is 149 Å². The van der Waals surface area contributed by atoms with Gasteiger partial charge in [-0.2, -0.15) is 5.10 Å². The van der Waals surface area contributed by atoms with E-state index in [1.165, 1.54) is 12.5 Å². The summed E-state index contributed by atoms with van der Waals surface area (Å²) in [6.07, 6.45) is 0.381. The van der Waals surface area contributed by atoms with Crippen molar-refractivity contribution in [1.82, 2.24) is 16.1 Å². The van der Waals surface area contributed by atoms with Gasteiger partial charge in [-0.3, -0.25) is 5.43 Å². The zero-order valence-corrected chi connectivity index (χ0v) is 29.7. The number of hydrazone groups is 1. The predicted octanol–water partition coefficient (Wildman–Crippen LogP) is 6.10. The van der Waals surface area contributed by atoms with Crippen LogP contribution in [-0.2, 0) is 16.1 Å². The number of benzene rings is 4. The summed E-state index contributed by atoms with van der Waals surface area (Å²) in [6.45, 7) is 6.30. The van der Waals surface area contributed by atoms with E-state index in [0.29, 0.717) is 64.1 Å². The predicted molar refractivity (Wildman–Crippen MR) is 193 cm³/mol. The average Bonchev–Trinajstić information content (AvgIpc) is 3.10. The SMILES string of the molecule is CCOc1cc([C@@H]2NC(=O)NC(C)=C2C(=O)OC)ccc1OC[C@@H](O)N/N=C\c1cc(Br)c(OCc2ccc3ccccc3c2)c(OCC)c1. The van der Waals surface area contributed by atoms with Crippen molar-refractivity contribution < 1.29 is 38.4 Å². The minimum Gasteiger partial charge on any atom is -0.490 e. The number of halogens is 1. The van der Waals surface area contributed by atoms with E-state index in [1.807, 2.05) is 38.1 Å². The van der Waals surface area contributed by atoms with Crippen LogP contribution in [-0.4, -0.2) is 56.5 Å². The monoisotopic (exact) mass is 746 g/mol. The molecule has 0 fully saturated rings. The van der Waals surface area contributed by atoms with E-state index in [-0.39, 0.29) is 12.2 Å². The standard InChI is InChI=1S/C37H39BrN4O8/c1-5-47-30-18-27(34-33(36(44)46-4)22(3)40-37(45)41-34)13-14-29(30)49-21-32(43)42-39-19-24-16-28(38)35(31(17-24)48-6-2)50-20-23-11-12-25-9-7-8-10-26(25)15-23/h7-19,32,34,42-43H,5-6,20-21H2,1-4H3,(H2,40,41,45)/b39-19-/t32-,34+/m1/s1. The van der Waals surface area contributed by atoms with Crippen molar-refractivity contribution in [2.75, 3.05) is 26.9 Å². The first kappa shape index (κ1) is 36.0. The van der Waals surface area contributed by atoms with Gasteiger partial charge in [0.2, 0.25) is 0 Å². The van der Waals surface area contributed by atoms with Gasteiger partial charge in [0.15, 0.2) is 29.2 Å². The van der Waals surface area contributed by atoms with Crippen molar-refractivity contribution in [2.24, 2.45) is 5.10 Å². The molecule has 0 saturated carbocycles. The number of hydrogen-bond acceptors (Lipinski definition) is 10. The van der Waals surface area contributed by atoms with Crippen LogP contribution in [0.4, 0.5) is 4.79 Å². The summed E-state index contributed by atoms with van der Waals surface area (Å²) < 4.78 is 29.3. The van der Waals surface area contributed by atoms with Gasteiger partial charge >= 0.3 is 12.0 Å². The lowest BCUT2D eigenvalue weighted by Gasteiger charge is -2.28. The number of carbonyl (C=O) groups is 2. The molecule has 4 aromatic rings. The molecule has 1 aliphatic rings. The van der Waals surface area contributed by atoms with E-state index in [1.54, 1.807) is 37.4 Å². The van der Waals surface area contributed by atoms with Crippen LogP contribution < -0.4 is 35.0 Å². The lowest BCUT2D eigenvalue weighted by Crippen LogP contribution is -2.45. The number of urea groups is 1.